The van der Waals surface area contributed by atoms with Crippen LogP contribution in [0.2, 0.25) is 0 Å². The van der Waals surface area contributed by atoms with Crippen LogP contribution in [-0.4, -0.2) is 24.0 Å². The molecule has 4 rings (SSSR count). The maximum Gasteiger partial charge on any atom is 0.306 e. The topological polar surface area (TPSA) is 61.8 Å². The molecule has 0 amide bonds. The van der Waals surface area contributed by atoms with Crippen LogP contribution in [0.4, 0.5) is 0 Å². The number of carbonyl (C=O) groups is 2. The van der Waals surface area contributed by atoms with Gasteiger partial charge in [0.1, 0.15) is 24.6 Å². The zero-order chi connectivity index (χ0) is 20.8. The van der Waals surface area contributed by atoms with E-state index in [9.17, 15) is 9.59 Å². The number of fused-ring (bicyclic) bond motifs is 1. The van der Waals surface area contributed by atoms with Crippen molar-refractivity contribution in [2.24, 2.45) is 5.92 Å². The number of Topliss-reactive ketones (excluding diaryl/α,β-unsaturated/α-hetero) is 1. The smallest absolute Gasteiger partial charge is 0.306 e. The maximum absolute atomic E-state index is 12.4. The Morgan fingerprint density at radius 1 is 1.03 bits per heavy atom. The van der Waals surface area contributed by atoms with E-state index in [1.807, 2.05) is 66.7 Å². The fourth-order valence-corrected chi connectivity index (χ4v) is 4.14. The fraction of sp³-hybridized carbons (Fsp3) is 0.360. The number of ether oxygens (including phenoxy) is 1. The molecular formula is C25H26O5. The zero-order valence-corrected chi connectivity index (χ0v) is 16.9. The Labute approximate surface area is 176 Å². The lowest BCUT2D eigenvalue weighted by atomic mass is 9.96. The van der Waals surface area contributed by atoms with Gasteiger partial charge in [-0.1, -0.05) is 66.7 Å². The van der Waals surface area contributed by atoms with Crippen LogP contribution in [-0.2, 0) is 37.1 Å². The van der Waals surface area contributed by atoms with E-state index in [1.54, 1.807) is 0 Å². The Morgan fingerprint density at radius 2 is 1.73 bits per heavy atom. The molecule has 0 spiro atoms. The van der Waals surface area contributed by atoms with Gasteiger partial charge in [-0.2, -0.15) is 0 Å². The van der Waals surface area contributed by atoms with Crippen molar-refractivity contribution in [3.63, 3.8) is 0 Å². The molecule has 2 aromatic carbocycles. The van der Waals surface area contributed by atoms with Crippen LogP contribution in [0, 0.1) is 5.92 Å². The third kappa shape index (κ3) is 5.23. The summed E-state index contributed by atoms with van der Waals surface area (Å²) in [6.45, 7) is 0.343. The maximum atomic E-state index is 12.4. The van der Waals surface area contributed by atoms with E-state index in [-0.39, 0.29) is 29.9 Å². The third-order valence-corrected chi connectivity index (χ3v) is 5.72. The molecule has 1 saturated carbocycles. The van der Waals surface area contributed by atoms with Gasteiger partial charge in [-0.3, -0.25) is 9.59 Å². The molecule has 0 aromatic heterocycles. The number of hydrogen-bond donors (Lipinski definition) is 0. The van der Waals surface area contributed by atoms with Gasteiger partial charge in [-0.25, -0.2) is 9.78 Å². The molecule has 1 aliphatic carbocycles. The SMILES string of the molecule is O=C(CC=C1[C@H]2CC(=O)O[C@H]2C[C@H]1OOCc1ccccc1)CCc1ccccc1. The lowest BCUT2D eigenvalue weighted by Gasteiger charge is -2.15. The number of hydrogen-bond acceptors (Lipinski definition) is 5. The van der Waals surface area contributed by atoms with Crippen LogP contribution in [0.3, 0.4) is 0 Å². The highest BCUT2D eigenvalue weighted by atomic mass is 17.2. The van der Waals surface area contributed by atoms with Crippen molar-refractivity contribution in [2.45, 2.75) is 50.9 Å². The van der Waals surface area contributed by atoms with Gasteiger partial charge in [0, 0.05) is 25.2 Å². The molecule has 1 aliphatic heterocycles. The molecular weight excluding hydrogens is 380 g/mol. The molecule has 0 N–H and O–H groups in total. The summed E-state index contributed by atoms with van der Waals surface area (Å²) in [6.07, 6.45) is 3.91. The molecule has 1 heterocycles. The number of ketones is 1. The largest absolute Gasteiger partial charge is 0.462 e. The Kier molecular flexibility index (Phi) is 6.72. The third-order valence-electron chi connectivity index (χ3n) is 5.72. The molecule has 3 atom stereocenters. The van der Waals surface area contributed by atoms with Crippen molar-refractivity contribution in [1.29, 1.82) is 0 Å². The summed E-state index contributed by atoms with van der Waals surface area (Å²) in [7, 11) is 0. The fourth-order valence-electron chi connectivity index (χ4n) is 4.14. The molecule has 0 radical (unpaired) electrons. The van der Waals surface area contributed by atoms with Gasteiger partial charge in [0.15, 0.2) is 0 Å². The monoisotopic (exact) mass is 406 g/mol. The highest BCUT2D eigenvalue weighted by Crippen LogP contribution is 2.42. The highest BCUT2D eigenvalue weighted by Gasteiger charge is 2.47. The molecule has 2 aliphatic rings. The second-order valence-corrected chi connectivity index (χ2v) is 7.84. The highest BCUT2D eigenvalue weighted by molar-refractivity contribution is 5.80. The van der Waals surface area contributed by atoms with Crippen LogP contribution in [0.1, 0.15) is 36.8 Å². The first kappa shape index (κ1) is 20.5. The zero-order valence-electron chi connectivity index (χ0n) is 16.9. The summed E-state index contributed by atoms with van der Waals surface area (Å²) in [6, 6.07) is 19.8. The first-order chi connectivity index (χ1) is 14.7. The van der Waals surface area contributed by atoms with E-state index in [0.29, 0.717) is 32.3 Å². The van der Waals surface area contributed by atoms with Crippen molar-refractivity contribution in [2.75, 3.05) is 0 Å². The normalized spacial score (nSPS) is 24.1. The number of rotatable bonds is 9. The van der Waals surface area contributed by atoms with Crippen molar-refractivity contribution in [1.82, 2.24) is 0 Å². The quantitative estimate of drug-likeness (QED) is 0.268. The second kappa shape index (κ2) is 9.83. The molecule has 2 aromatic rings. The molecule has 1 saturated heterocycles. The summed E-state index contributed by atoms with van der Waals surface area (Å²) in [5.41, 5.74) is 3.13. The first-order valence-electron chi connectivity index (χ1n) is 10.5. The van der Waals surface area contributed by atoms with Crippen LogP contribution in [0.25, 0.3) is 0 Å². The van der Waals surface area contributed by atoms with E-state index in [0.717, 1.165) is 23.1 Å². The number of benzene rings is 2. The molecule has 156 valence electrons. The average molecular weight is 406 g/mol. The summed E-state index contributed by atoms with van der Waals surface area (Å²) < 4.78 is 5.42. The molecule has 5 heteroatoms. The van der Waals surface area contributed by atoms with E-state index in [2.05, 4.69) is 0 Å². The minimum atomic E-state index is -0.293. The summed E-state index contributed by atoms with van der Waals surface area (Å²) in [4.78, 5) is 35.3. The average Bonchev–Trinajstić information content (AvgIpc) is 3.28. The number of esters is 1. The standard InChI is InChI=1S/C25H26O5/c26-20(12-11-18-7-3-1-4-8-18)13-14-21-22-15-25(27)29-23(22)16-24(21)30-28-17-19-9-5-2-6-10-19/h1-10,14,22-24H,11-13,15-17H2/t22-,23+,24-/m1/s1. The van der Waals surface area contributed by atoms with Gasteiger partial charge >= 0.3 is 5.97 Å². The summed E-state index contributed by atoms with van der Waals surface area (Å²) in [5.74, 6) is -0.0382. The number of allylic oxidation sites excluding steroid dienone is 1. The lowest BCUT2D eigenvalue weighted by Crippen LogP contribution is -2.15. The minimum Gasteiger partial charge on any atom is -0.462 e. The van der Waals surface area contributed by atoms with Crippen molar-refractivity contribution >= 4 is 11.8 Å². The van der Waals surface area contributed by atoms with Crippen LogP contribution < -0.4 is 0 Å². The van der Waals surface area contributed by atoms with Gasteiger partial charge < -0.3 is 4.74 Å². The molecule has 30 heavy (non-hydrogen) atoms. The van der Waals surface area contributed by atoms with Gasteiger partial charge in [-0.15, -0.1) is 0 Å². The number of carbonyl (C=O) groups excluding carboxylic acids is 2. The predicted octanol–water partition coefficient (Wildman–Crippen LogP) is 4.36. The van der Waals surface area contributed by atoms with Gasteiger partial charge in [0.05, 0.1) is 6.42 Å². The van der Waals surface area contributed by atoms with Crippen LogP contribution in [0.5, 0.6) is 0 Å². The second-order valence-electron chi connectivity index (χ2n) is 7.84. The summed E-state index contributed by atoms with van der Waals surface area (Å²) >= 11 is 0. The Morgan fingerprint density at radius 3 is 2.47 bits per heavy atom. The molecule has 2 fully saturated rings. The van der Waals surface area contributed by atoms with E-state index in [4.69, 9.17) is 14.5 Å². The van der Waals surface area contributed by atoms with E-state index >= 15 is 0 Å². The van der Waals surface area contributed by atoms with Crippen molar-refractivity contribution < 1.29 is 24.1 Å². The predicted molar refractivity (Wildman–Crippen MR) is 111 cm³/mol. The van der Waals surface area contributed by atoms with E-state index in [1.165, 1.54) is 0 Å². The number of aryl methyl sites for hydroxylation is 1. The van der Waals surface area contributed by atoms with Gasteiger partial charge in [0.2, 0.25) is 0 Å². The minimum absolute atomic E-state index is 0.0234. The first-order valence-corrected chi connectivity index (χ1v) is 10.5. The summed E-state index contributed by atoms with van der Waals surface area (Å²) in [5, 5.41) is 0. The Bertz CT molecular complexity index is 890. The Balaban J connectivity index is 1.34. The van der Waals surface area contributed by atoms with Gasteiger partial charge in [-0.05, 0) is 23.1 Å². The van der Waals surface area contributed by atoms with Crippen LogP contribution in [0.15, 0.2) is 72.3 Å². The molecule has 5 nitrogen and oxygen atoms in total. The lowest BCUT2D eigenvalue weighted by molar-refractivity contribution is -0.325. The van der Waals surface area contributed by atoms with E-state index < -0.39 is 0 Å². The molecule has 0 unspecified atom stereocenters. The Hall–Kier alpha value is -2.76. The van der Waals surface area contributed by atoms with Crippen LogP contribution >= 0.6 is 0 Å². The van der Waals surface area contributed by atoms with Gasteiger partial charge in [0.25, 0.3) is 0 Å². The van der Waals surface area contributed by atoms with Crippen molar-refractivity contribution in [3.05, 3.63) is 83.4 Å². The van der Waals surface area contributed by atoms with Crippen molar-refractivity contribution in [3.8, 4) is 0 Å². The molecule has 0 bridgehead atoms.